The van der Waals surface area contributed by atoms with Crippen LogP contribution in [0.3, 0.4) is 0 Å². The number of nitrogens with zero attached hydrogens (tertiary/aromatic N) is 1. The highest BCUT2D eigenvalue weighted by atomic mass is 32.1. The third-order valence-electron chi connectivity index (χ3n) is 3.83. The number of rotatable bonds is 4. The number of aromatic nitrogens is 1. The fraction of sp³-hybridized carbons (Fsp3) is 0.100. The number of anilines is 1. The van der Waals surface area contributed by atoms with Gasteiger partial charge >= 0.3 is 0 Å². The summed E-state index contributed by atoms with van der Waals surface area (Å²) in [6.07, 6.45) is 3.04. The number of aryl methyl sites for hydroxylation is 2. The SMILES string of the molecule is Cc1ccc(-c2csc(NC(=O)/C=C/c3ccc(F)cc3)n2)cc1C. The minimum Gasteiger partial charge on any atom is -0.298 e. The van der Waals surface area contributed by atoms with Crippen molar-refractivity contribution >= 4 is 28.5 Å². The molecule has 0 spiro atoms. The molecule has 0 aliphatic rings. The zero-order valence-electron chi connectivity index (χ0n) is 13.9. The van der Waals surface area contributed by atoms with E-state index >= 15 is 0 Å². The van der Waals surface area contributed by atoms with E-state index in [0.29, 0.717) is 5.13 Å². The second-order valence-corrected chi connectivity index (χ2v) is 6.57. The van der Waals surface area contributed by atoms with Gasteiger partial charge in [0.1, 0.15) is 5.82 Å². The first-order valence-corrected chi connectivity index (χ1v) is 8.67. The Labute approximate surface area is 149 Å². The molecule has 1 aromatic heterocycles. The zero-order chi connectivity index (χ0) is 17.8. The van der Waals surface area contributed by atoms with E-state index in [1.165, 1.54) is 40.7 Å². The first-order valence-electron chi connectivity index (χ1n) is 7.79. The molecule has 25 heavy (non-hydrogen) atoms. The van der Waals surface area contributed by atoms with Crippen LogP contribution in [0.5, 0.6) is 0 Å². The second-order valence-electron chi connectivity index (χ2n) is 5.71. The summed E-state index contributed by atoms with van der Waals surface area (Å²) in [5.74, 6) is -0.575. The molecule has 0 fully saturated rings. The summed E-state index contributed by atoms with van der Waals surface area (Å²) in [4.78, 5) is 16.5. The minimum atomic E-state index is -0.303. The first kappa shape index (κ1) is 17.0. The summed E-state index contributed by atoms with van der Waals surface area (Å²) < 4.78 is 12.9. The van der Waals surface area contributed by atoms with Crippen molar-refractivity contribution in [2.24, 2.45) is 0 Å². The second kappa shape index (κ2) is 7.40. The quantitative estimate of drug-likeness (QED) is 0.654. The normalized spacial score (nSPS) is 11.0. The first-order chi connectivity index (χ1) is 12.0. The van der Waals surface area contributed by atoms with Gasteiger partial charge in [-0.05, 0) is 54.8 Å². The Bertz CT molecular complexity index is 929. The molecule has 0 aliphatic heterocycles. The van der Waals surface area contributed by atoms with Gasteiger partial charge in [-0.3, -0.25) is 10.1 Å². The van der Waals surface area contributed by atoms with Gasteiger partial charge in [0.15, 0.2) is 5.13 Å². The molecule has 0 aliphatic carbocycles. The molecule has 2 aromatic carbocycles. The topological polar surface area (TPSA) is 42.0 Å². The maximum absolute atomic E-state index is 12.9. The minimum absolute atomic E-state index is 0.273. The van der Waals surface area contributed by atoms with E-state index in [1.807, 2.05) is 11.4 Å². The van der Waals surface area contributed by atoms with Gasteiger partial charge in [0.25, 0.3) is 0 Å². The van der Waals surface area contributed by atoms with Gasteiger partial charge < -0.3 is 0 Å². The third kappa shape index (κ3) is 4.39. The van der Waals surface area contributed by atoms with Crippen LogP contribution in [-0.4, -0.2) is 10.9 Å². The number of thiazole rings is 1. The van der Waals surface area contributed by atoms with Crippen LogP contribution < -0.4 is 5.32 Å². The summed E-state index contributed by atoms with van der Waals surface area (Å²) in [6, 6.07) is 12.1. The Kier molecular flexibility index (Phi) is 5.05. The monoisotopic (exact) mass is 352 g/mol. The van der Waals surface area contributed by atoms with E-state index < -0.39 is 0 Å². The van der Waals surface area contributed by atoms with E-state index in [4.69, 9.17) is 0 Å². The molecule has 5 heteroatoms. The van der Waals surface area contributed by atoms with Crippen molar-refractivity contribution in [3.63, 3.8) is 0 Å². The molecule has 0 bridgehead atoms. The van der Waals surface area contributed by atoms with Crippen molar-refractivity contribution in [1.29, 1.82) is 0 Å². The lowest BCUT2D eigenvalue weighted by Crippen LogP contribution is -2.07. The predicted molar refractivity (Wildman–Crippen MR) is 101 cm³/mol. The molecule has 0 unspecified atom stereocenters. The van der Waals surface area contributed by atoms with Crippen LogP contribution >= 0.6 is 11.3 Å². The van der Waals surface area contributed by atoms with Crippen LogP contribution in [0.25, 0.3) is 17.3 Å². The molecule has 1 heterocycles. The van der Waals surface area contributed by atoms with E-state index in [2.05, 4.69) is 36.3 Å². The van der Waals surface area contributed by atoms with Crippen molar-refractivity contribution < 1.29 is 9.18 Å². The lowest BCUT2D eigenvalue weighted by molar-refractivity contribution is -0.111. The Morgan fingerprint density at radius 1 is 1.12 bits per heavy atom. The summed E-state index contributed by atoms with van der Waals surface area (Å²) in [5.41, 5.74) is 5.07. The molecular formula is C20H17FN2OS. The lowest BCUT2D eigenvalue weighted by Gasteiger charge is -2.02. The molecule has 0 atom stereocenters. The molecule has 3 aromatic rings. The largest absolute Gasteiger partial charge is 0.298 e. The fourth-order valence-electron chi connectivity index (χ4n) is 2.26. The molecule has 0 saturated carbocycles. The molecule has 0 radical (unpaired) electrons. The highest BCUT2D eigenvalue weighted by Crippen LogP contribution is 2.26. The number of halogens is 1. The summed E-state index contributed by atoms with van der Waals surface area (Å²) in [7, 11) is 0. The number of amides is 1. The van der Waals surface area contributed by atoms with Gasteiger partial charge in [-0.15, -0.1) is 11.3 Å². The average Bonchev–Trinajstić information content (AvgIpc) is 3.05. The molecule has 3 rings (SSSR count). The fourth-order valence-corrected chi connectivity index (χ4v) is 2.98. The average molecular weight is 352 g/mol. The van der Waals surface area contributed by atoms with Crippen molar-refractivity contribution in [3.8, 4) is 11.3 Å². The van der Waals surface area contributed by atoms with Crippen molar-refractivity contribution in [1.82, 2.24) is 4.98 Å². The Hall–Kier alpha value is -2.79. The van der Waals surface area contributed by atoms with Crippen LogP contribution in [0.4, 0.5) is 9.52 Å². The maximum Gasteiger partial charge on any atom is 0.250 e. The maximum atomic E-state index is 12.9. The van der Waals surface area contributed by atoms with Crippen LogP contribution in [0.2, 0.25) is 0 Å². The highest BCUT2D eigenvalue weighted by molar-refractivity contribution is 7.14. The van der Waals surface area contributed by atoms with E-state index in [9.17, 15) is 9.18 Å². The van der Waals surface area contributed by atoms with Crippen molar-refractivity contribution in [2.75, 3.05) is 5.32 Å². The van der Waals surface area contributed by atoms with Crippen LogP contribution in [-0.2, 0) is 4.79 Å². The molecule has 0 saturated heterocycles. The van der Waals surface area contributed by atoms with E-state index in [0.717, 1.165) is 16.8 Å². The molecule has 1 amide bonds. The summed E-state index contributed by atoms with van der Waals surface area (Å²) in [5, 5.41) is 5.21. The number of carbonyl (C=O) groups excluding carboxylic acids is 1. The molecule has 126 valence electrons. The van der Waals surface area contributed by atoms with Crippen molar-refractivity contribution in [2.45, 2.75) is 13.8 Å². The standard InChI is InChI=1S/C20H17FN2OS/c1-13-3-7-16(11-14(13)2)18-12-25-20(22-18)23-19(24)10-6-15-4-8-17(21)9-5-15/h3-12H,1-2H3,(H,22,23,24)/b10-6+. The molecule has 1 N–H and O–H groups in total. The number of benzene rings is 2. The van der Waals surface area contributed by atoms with Crippen LogP contribution in [0.15, 0.2) is 53.9 Å². The van der Waals surface area contributed by atoms with E-state index in [1.54, 1.807) is 18.2 Å². The lowest BCUT2D eigenvalue weighted by atomic mass is 10.1. The number of hydrogen-bond acceptors (Lipinski definition) is 3. The van der Waals surface area contributed by atoms with E-state index in [-0.39, 0.29) is 11.7 Å². The zero-order valence-corrected chi connectivity index (χ0v) is 14.7. The number of carbonyl (C=O) groups is 1. The van der Waals surface area contributed by atoms with Gasteiger partial charge in [0, 0.05) is 17.0 Å². The van der Waals surface area contributed by atoms with Gasteiger partial charge in [-0.2, -0.15) is 0 Å². The highest BCUT2D eigenvalue weighted by Gasteiger charge is 2.07. The van der Waals surface area contributed by atoms with Gasteiger partial charge in [0.2, 0.25) is 5.91 Å². The van der Waals surface area contributed by atoms with Gasteiger partial charge in [-0.1, -0.05) is 24.3 Å². The number of nitrogens with one attached hydrogen (secondary N) is 1. The smallest absolute Gasteiger partial charge is 0.250 e. The Balaban J connectivity index is 1.67. The Morgan fingerprint density at radius 3 is 2.60 bits per heavy atom. The van der Waals surface area contributed by atoms with Crippen molar-refractivity contribution in [3.05, 3.63) is 76.4 Å². The Morgan fingerprint density at radius 2 is 1.88 bits per heavy atom. The van der Waals surface area contributed by atoms with Gasteiger partial charge in [-0.25, -0.2) is 9.37 Å². The van der Waals surface area contributed by atoms with Crippen LogP contribution in [0.1, 0.15) is 16.7 Å². The number of hydrogen-bond donors (Lipinski definition) is 1. The molecular weight excluding hydrogens is 335 g/mol. The molecule has 3 nitrogen and oxygen atoms in total. The van der Waals surface area contributed by atoms with Crippen LogP contribution in [0, 0.1) is 19.7 Å². The predicted octanol–water partition coefficient (Wildman–Crippen LogP) is 5.22. The van der Waals surface area contributed by atoms with Gasteiger partial charge in [0.05, 0.1) is 5.69 Å². The summed E-state index contributed by atoms with van der Waals surface area (Å²) in [6.45, 7) is 4.13. The summed E-state index contributed by atoms with van der Waals surface area (Å²) >= 11 is 1.38. The third-order valence-corrected chi connectivity index (χ3v) is 4.59.